The topological polar surface area (TPSA) is 79.6 Å². The van der Waals surface area contributed by atoms with Gasteiger partial charge in [0.05, 0.1) is 18.3 Å². The molecule has 0 saturated carbocycles. The van der Waals surface area contributed by atoms with Gasteiger partial charge in [-0.3, -0.25) is 9.80 Å². The number of anilines is 1. The van der Waals surface area contributed by atoms with E-state index < -0.39 is 29.1 Å². The number of benzene rings is 2. The van der Waals surface area contributed by atoms with Gasteiger partial charge in [0.25, 0.3) is 0 Å². The predicted molar refractivity (Wildman–Crippen MR) is 134 cm³/mol. The zero-order chi connectivity index (χ0) is 24.3. The molecule has 1 aliphatic heterocycles. The number of carbonyl (C=O) groups excluding carboxylic acids is 1. The number of rotatable bonds is 8. The number of nitrogens with one attached hydrogen (secondary N) is 2. The minimum absolute atomic E-state index is 0.0421. The number of hydrogen-bond donors (Lipinski definition) is 3. The van der Waals surface area contributed by atoms with Crippen LogP contribution in [0.2, 0.25) is 0 Å². The van der Waals surface area contributed by atoms with Crippen LogP contribution in [0.4, 0.5) is 14.5 Å². The van der Waals surface area contributed by atoms with E-state index >= 15 is 4.39 Å². The Bertz CT molecular complexity index is 1130. The van der Waals surface area contributed by atoms with E-state index in [1.54, 1.807) is 7.11 Å². The summed E-state index contributed by atoms with van der Waals surface area (Å²) in [5.74, 6) is -2.32. The number of amides is 1. The first-order valence-corrected chi connectivity index (χ1v) is 12.3. The fourth-order valence-electron chi connectivity index (χ4n) is 4.50. The molecule has 1 amide bonds. The van der Waals surface area contributed by atoms with Crippen molar-refractivity contribution in [2.75, 3.05) is 31.8 Å². The van der Waals surface area contributed by atoms with Gasteiger partial charge in [-0.1, -0.05) is 30.3 Å². The summed E-state index contributed by atoms with van der Waals surface area (Å²) < 4.78 is 33.9. The summed E-state index contributed by atoms with van der Waals surface area (Å²) >= 11 is 1.50. The normalized spacial score (nSPS) is 22.2. The largest absolute Gasteiger partial charge is 0.383 e. The van der Waals surface area contributed by atoms with Gasteiger partial charge in [0.2, 0.25) is 5.91 Å². The fraction of sp³-hybridized carbons (Fsp3) is 0.292. The number of thiophene rings is 1. The van der Waals surface area contributed by atoms with Crippen LogP contribution in [-0.2, 0) is 9.53 Å². The van der Waals surface area contributed by atoms with Crippen LogP contribution in [0.1, 0.15) is 22.4 Å². The molecule has 2 heterocycles. The lowest BCUT2D eigenvalue weighted by Gasteiger charge is -2.40. The molecule has 2 aromatic carbocycles. The van der Waals surface area contributed by atoms with Crippen molar-refractivity contribution < 1.29 is 18.3 Å². The number of carbonyl (C=O) groups is 1. The number of nitrogens with two attached hydrogens (primary N) is 1. The fourth-order valence-corrected chi connectivity index (χ4v) is 5.64. The van der Waals surface area contributed by atoms with Crippen LogP contribution < -0.4 is 26.8 Å². The van der Waals surface area contributed by atoms with E-state index in [4.69, 9.17) is 10.5 Å². The molecular weight excluding hydrogens is 477 g/mol. The minimum Gasteiger partial charge on any atom is -0.383 e. The standard InChI is InChI=1S/C24H27F2N4O2PS/c1-32-11-10-28-23(31)24(14-27)21(20-3-2-12-34-20)22(15-4-7-17(33)8-5-15)29-30(24)19-9-6-16(25)13-18(19)26/h2-9,12-13,21-22,29H,10-11,14,27,33H2,1H3,(H,28,31). The summed E-state index contributed by atoms with van der Waals surface area (Å²) in [5, 5.41) is 7.33. The molecule has 4 unspecified atom stereocenters. The summed E-state index contributed by atoms with van der Waals surface area (Å²) in [7, 11) is 4.19. The van der Waals surface area contributed by atoms with Crippen LogP contribution in [0.15, 0.2) is 60.0 Å². The zero-order valence-electron chi connectivity index (χ0n) is 18.6. The van der Waals surface area contributed by atoms with Gasteiger partial charge >= 0.3 is 0 Å². The van der Waals surface area contributed by atoms with E-state index in [1.165, 1.54) is 28.5 Å². The highest BCUT2D eigenvalue weighted by Crippen LogP contribution is 2.50. The van der Waals surface area contributed by atoms with Gasteiger partial charge in [-0.05, 0) is 34.4 Å². The average molecular weight is 505 g/mol. The van der Waals surface area contributed by atoms with E-state index in [2.05, 4.69) is 20.0 Å². The van der Waals surface area contributed by atoms with Crippen LogP contribution in [0, 0.1) is 11.6 Å². The molecule has 34 heavy (non-hydrogen) atoms. The van der Waals surface area contributed by atoms with Crippen LogP contribution in [0.5, 0.6) is 0 Å². The van der Waals surface area contributed by atoms with E-state index in [-0.39, 0.29) is 24.7 Å². The van der Waals surface area contributed by atoms with E-state index in [0.29, 0.717) is 6.61 Å². The first-order valence-electron chi connectivity index (χ1n) is 10.8. The van der Waals surface area contributed by atoms with Crippen molar-refractivity contribution in [2.45, 2.75) is 17.5 Å². The highest BCUT2D eigenvalue weighted by molar-refractivity contribution is 7.27. The van der Waals surface area contributed by atoms with Crippen molar-refractivity contribution in [2.24, 2.45) is 5.73 Å². The minimum atomic E-state index is -1.40. The SMILES string of the molecule is COCCNC(=O)C1(CN)C(c2cccs2)C(c2ccc(P)cc2)NN1c1ccc(F)cc1F. The molecule has 0 bridgehead atoms. The Morgan fingerprint density at radius 1 is 1.26 bits per heavy atom. The van der Waals surface area contributed by atoms with E-state index in [9.17, 15) is 9.18 Å². The molecule has 180 valence electrons. The van der Waals surface area contributed by atoms with Gasteiger partial charge in [0.1, 0.15) is 5.82 Å². The number of methoxy groups -OCH3 is 1. The second-order valence-corrected chi connectivity index (χ2v) is 9.72. The maximum Gasteiger partial charge on any atom is 0.249 e. The van der Waals surface area contributed by atoms with Crippen molar-refractivity contribution in [3.63, 3.8) is 0 Å². The molecule has 1 saturated heterocycles. The van der Waals surface area contributed by atoms with Gasteiger partial charge in [0.15, 0.2) is 11.4 Å². The van der Waals surface area contributed by atoms with Gasteiger partial charge in [-0.15, -0.1) is 20.6 Å². The summed E-state index contributed by atoms with van der Waals surface area (Å²) in [5.41, 5.74) is 9.28. The lowest BCUT2D eigenvalue weighted by Crippen LogP contribution is -2.64. The van der Waals surface area contributed by atoms with E-state index in [1.807, 2.05) is 41.8 Å². The third-order valence-corrected chi connectivity index (χ3v) is 7.45. The van der Waals surface area contributed by atoms with Gasteiger partial charge < -0.3 is 15.8 Å². The monoisotopic (exact) mass is 504 g/mol. The molecule has 4 atom stereocenters. The highest BCUT2D eigenvalue weighted by Gasteiger charge is 2.60. The lowest BCUT2D eigenvalue weighted by molar-refractivity contribution is -0.126. The molecule has 6 nitrogen and oxygen atoms in total. The molecule has 3 aromatic rings. The molecule has 0 aliphatic carbocycles. The van der Waals surface area contributed by atoms with Crippen molar-refractivity contribution >= 4 is 37.5 Å². The van der Waals surface area contributed by atoms with Crippen molar-refractivity contribution in [3.8, 4) is 0 Å². The zero-order valence-corrected chi connectivity index (χ0v) is 20.6. The maximum absolute atomic E-state index is 15.1. The highest BCUT2D eigenvalue weighted by atomic mass is 32.1. The Balaban J connectivity index is 1.91. The van der Waals surface area contributed by atoms with Crippen LogP contribution in [-0.4, -0.2) is 38.3 Å². The maximum atomic E-state index is 15.1. The molecule has 4 rings (SSSR count). The molecular formula is C24H27F2N4O2PS. The Labute approximate surface area is 203 Å². The molecule has 1 aromatic heterocycles. The molecule has 10 heteroatoms. The first-order chi connectivity index (χ1) is 16.4. The first kappa shape index (κ1) is 24.7. The number of hydrogen-bond acceptors (Lipinski definition) is 6. The summed E-state index contributed by atoms with van der Waals surface area (Å²) in [6.07, 6.45) is 0. The molecule has 1 fully saturated rings. The number of ether oxygens (including phenoxy) is 1. The Hall–Kier alpha value is -2.42. The quantitative estimate of drug-likeness (QED) is 0.325. The number of hydrazine groups is 1. The predicted octanol–water partition coefficient (Wildman–Crippen LogP) is 2.84. The lowest BCUT2D eigenvalue weighted by atomic mass is 9.76. The van der Waals surface area contributed by atoms with Gasteiger partial charge in [-0.2, -0.15) is 0 Å². The van der Waals surface area contributed by atoms with Crippen LogP contribution in [0.3, 0.4) is 0 Å². The average Bonchev–Trinajstić information content (AvgIpc) is 3.46. The summed E-state index contributed by atoms with van der Waals surface area (Å²) in [4.78, 5) is 14.8. The smallest absolute Gasteiger partial charge is 0.249 e. The molecule has 4 N–H and O–H groups in total. The Morgan fingerprint density at radius 3 is 2.65 bits per heavy atom. The van der Waals surface area contributed by atoms with E-state index in [0.717, 1.165) is 21.8 Å². The third-order valence-electron chi connectivity index (χ3n) is 6.11. The summed E-state index contributed by atoms with van der Waals surface area (Å²) in [6, 6.07) is 14.6. The van der Waals surface area contributed by atoms with Gasteiger partial charge in [-0.25, -0.2) is 14.2 Å². The second-order valence-electron chi connectivity index (χ2n) is 8.07. The van der Waals surface area contributed by atoms with Crippen LogP contribution in [0.25, 0.3) is 0 Å². The molecule has 1 aliphatic rings. The third kappa shape index (κ3) is 4.46. The number of nitrogens with zero attached hydrogens (tertiary/aromatic N) is 1. The van der Waals surface area contributed by atoms with Gasteiger partial charge in [0, 0.05) is 37.1 Å². The Morgan fingerprint density at radius 2 is 2.03 bits per heavy atom. The molecule has 0 spiro atoms. The summed E-state index contributed by atoms with van der Waals surface area (Å²) in [6.45, 7) is 0.463. The van der Waals surface area contributed by atoms with Crippen molar-refractivity contribution in [3.05, 3.63) is 82.1 Å². The van der Waals surface area contributed by atoms with Crippen molar-refractivity contribution in [1.82, 2.24) is 10.7 Å². The molecule has 0 radical (unpaired) electrons. The Kier molecular flexibility index (Phi) is 7.60. The van der Waals surface area contributed by atoms with Crippen LogP contribution >= 0.6 is 20.6 Å². The number of halogens is 2. The van der Waals surface area contributed by atoms with Crippen molar-refractivity contribution in [1.29, 1.82) is 0 Å². The second kappa shape index (κ2) is 10.5.